The van der Waals surface area contributed by atoms with Crippen molar-refractivity contribution in [1.29, 1.82) is 0 Å². The van der Waals surface area contributed by atoms with E-state index < -0.39 is 0 Å². The fourth-order valence-electron chi connectivity index (χ4n) is 8.87. The molecule has 0 N–H and O–H groups in total. The maximum atomic E-state index is 2.44. The van der Waals surface area contributed by atoms with Gasteiger partial charge in [0.15, 0.2) is 0 Å². The Morgan fingerprint density at radius 2 is 0.911 bits per heavy atom. The molecule has 1 nitrogen and oxygen atoms in total. The predicted molar refractivity (Wildman–Crippen MR) is 238 cm³/mol. The van der Waals surface area contributed by atoms with Crippen LogP contribution in [0.25, 0.3) is 66.4 Å². The number of fused-ring (bicyclic) bond motifs is 4. The summed E-state index contributed by atoms with van der Waals surface area (Å²) >= 11 is 0. The highest BCUT2D eigenvalue weighted by atomic mass is 15.1. The zero-order chi connectivity index (χ0) is 37.6. The summed E-state index contributed by atoms with van der Waals surface area (Å²) in [5, 5.41) is 2.50. The number of hydrogen-bond acceptors (Lipinski definition) is 1. The third-order valence-corrected chi connectivity index (χ3v) is 11.7. The molecule has 266 valence electrons. The van der Waals surface area contributed by atoms with Crippen LogP contribution in [0.3, 0.4) is 0 Å². The van der Waals surface area contributed by atoms with Crippen LogP contribution in [0.15, 0.2) is 212 Å². The Kier molecular flexibility index (Phi) is 8.23. The molecule has 0 atom stereocenters. The van der Waals surface area contributed by atoms with Gasteiger partial charge in [0.05, 0.1) is 5.69 Å². The van der Waals surface area contributed by atoms with Crippen molar-refractivity contribution in [3.8, 4) is 55.6 Å². The summed E-state index contributed by atoms with van der Waals surface area (Å²) < 4.78 is 0. The maximum Gasteiger partial charge on any atom is 0.0540 e. The Morgan fingerprint density at radius 3 is 1.62 bits per heavy atom. The largest absolute Gasteiger partial charge is 0.310 e. The summed E-state index contributed by atoms with van der Waals surface area (Å²) in [6, 6.07) is 77.5. The molecule has 9 aromatic rings. The molecule has 10 rings (SSSR count). The summed E-state index contributed by atoms with van der Waals surface area (Å²) in [7, 11) is 0. The van der Waals surface area contributed by atoms with Crippen LogP contribution in [0.1, 0.15) is 25.0 Å². The van der Waals surface area contributed by atoms with Crippen molar-refractivity contribution >= 4 is 27.8 Å². The van der Waals surface area contributed by atoms with Gasteiger partial charge in [0, 0.05) is 22.4 Å². The maximum absolute atomic E-state index is 2.44. The Hall–Kier alpha value is -6.96. The van der Waals surface area contributed by atoms with Gasteiger partial charge in [-0.1, -0.05) is 184 Å². The van der Waals surface area contributed by atoms with Gasteiger partial charge in [0.1, 0.15) is 0 Å². The minimum absolute atomic E-state index is 0.174. The van der Waals surface area contributed by atoms with Crippen LogP contribution >= 0.6 is 0 Å². The average molecular weight is 716 g/mol. The van der Waals surface area contributed by atoms with Gasteiger partial charge in [0.25, 0.3) is 0 Å². The fourth-order valence-corrected chi connectivity index (χ4v) is 8.87. The van der Waals surface area contributed by atoms with Gasteiger partial charge in [-0.15, -0.1) is 0 Å². The van der Waals surface area contributed by atoms with Gasteiger partial charge in [-0.2, -0.15) is 0 Å². The van der Waals surface area contributed by atoms with Crippen molar-refractivity contribution in [3.63, 3.8) is 0 Å². The molecule has 0 aromatic heterocycles. The highest BCUT2D eigenvalue weighted by Crippen LogP contribution is 2.54. The van der Waals surface area contributed by atoms with E-state index in [4.69, 9.17) is 0 Å². The first-order valence-electron chi connectivity index (χ1n) is 19.5. The quantitative estimate of drug-likeness (QED) is 0.159. The Morgan fingerprint density at radius 1 is 0.339 bits per heavy atom. The molecule has 0 fully saturated rings. The van der Waals surface area contributed by atoms with Gasteiger partial charge < -0.3 is 4.90 Å². The molecule has 1 aliphatic carbocycles. The summed E-state index contributed by atoms with van der Waals surface area (Å²) in [6.07, 6.45) is 0. The summed E-state index contributed by atoms with van der Waals surface area (Å²) in [5.74, 6) is 0. The van der Waals surface area contributed by atoms with Gasteiger partial charge in [-0.3, -0.25) is 0 Å². The first-order valence-corrected chi connectivity index (χ1v) is 19.5. The molecule has 0 heterocycles. The SMILES string of the molecule is CC1(C)c2cc(N(c3ccc(-c4cc(-c5ccccc5)c5ccccc5c4)cc3)c3ccccc3-c3ccccc3)ccc2-c2c(-c3ccccc3)cccc21. The monoisotopic (exact) mass is 715 g/mol. The van der Waals surface area contributed by atoms with Crippen LogP contribution in [0.2, 0.25) is 0 Å². The fraction of sp³-hybridized carbons (Fsp3) is 0.0545. The molecule has 1 aliphatic rings. The Balaban J connectivity index is 1.13. The minimum Gasteiger partial charge on any atom is -0.310 e. The van der Waals surface area contributed by atoms with Crippen molar-refractivity contribution in [2.45, 2.75) is 19.3 Å². The molecule has 0 saturated carbocycles. The molecule has 0 radical (unpaired) electrons. The lowest BCUT2D eigenvalue weighted by Crippen LogP contribution is -2.17. The topological polar surface area (TPSA) is 3.24 Å². The summed E-state index contributed by atoms with van der Waals surface area (Å²) in [4.78, 5) is 2.44. The van der Waals surface area contributed by atoms with E-state index in [1.54, 1.807) is 0 Å². The molecule has 9 aromatic carbocycles. The van der Waals surface area contributed by atoms with Crippen molar-refractivity contribution < 1.29 is 0 Å². The second-order valence-electron chi connectivity index (χ2n) is 15.3. The van der Waals surface area contributed by atoms with Crippen LogP contribution in [0, 0.1) is 0 Å². The number of hydrogen-bond donors (Lipinski definition) is 0. The third kappa shape index (κ3) is 5.72. The summed E-state index contributed by atoms with van der Waals surface area (Å²) in [6.45, 7) is 4.75. The number of para-hydroxylation sites is 1. The van der Waals surface area contributed by atoms with Crippen molar-refractivity contribution in [3.05, 3.63) is 223 Å². The molecule has 0 spiro atoms. The Bertz CT molecular complexity index is 2850. The normalized spacial score (nSPS) is 12.6. The highest BCUT2D eigenvalue weighted by molar-refractivity contribution is 6.00. The van der Waals surface area contributed by atoms with E-state index in [1.807, 2.05) is 0 Å². The lowest BCUT2D eigenvalue weighted by molar-refractivity contribution is 0.660. The summed E-state index contributed by atoms with van der Waals surface area (Å²) in [5.41, 5.74) is 18.4. The van der Waals surface area contributed by atoms with Crippen LogP contribution in [-0.2, 0) is 5.41 Å². The smallest absolute Gasteiger partial charge is 0.0540 e. The molecular weight excluding hydrogens is 675 g/mol. The van der Waals surface area contributed by atoms with Crippen molar-refractivity contribution in [2.75, 3.05) is 4.90 Å². The van der Waals surface area contributed by atoms with Gasteiger partial charge >= 0.3 is 0 Å². The Labute approximate surface area is 329 Å². The van der Waals surface area contributed by atoms with Crippen molar-refractivity contribution in [2.24, 2.45) is 0 Å². The van der Waals surface area contributed by atoms with E-state index in [0.29, 0.717) is 0 Å². The third-order valence-electron chi connectivity index (χ3n) is 11.7. The average Bonchev–Trinajstić information content (AvgIpc) is 3.50. The number of nitrogens with zero attached hydrogens (tertiary/aromatic N) is 1. The number of anilines is 3. The lowest BCUT2D eigenvalue weighted by Gasteiger charge is -2.30. The molecule has 0 bridgehead atoms. The molecule has 0 saturated heterocycles. The standard InChI is InChI=1S/C55H41N/c1-55(2)51-27-16-26-48(40-19-8-4-9-20-40)54(51)49-34-33-45(37-52(49)55)56(53-28-15-14-25-47(53)39-17-6-3-7-18-39)44-31-29-38(30-32-44)43-35-42-23-12-13-24-46(42)50(36-43)41-21-10-5-11-22-41/h3-37H,1-2H3. The molecule has 56 heavy (non-hydrogen) atoms. The molecular formula is C55H41N. The van der Waals surface area contributed by atoms with Gasteiger partial charge in [-0.25, -0.2) is 0 Å². The zero-order valence-electron chi connectivity index (χ0n) is 31.7. The van der Waals surface area contributed by atoms with Crippen LogP contribution < -0.4 is 4.90 Å². The van der Waals surface area contributed by atoms with Crippen LogP contribution in [-0.4, -0.2) is 0 Å². The second-order valence-corrected chi connectivity index (χ2v) is 15.3. The van der Waals surface area contributed by atoms with E-state index in [9.17, 15) is 0 Å². The molecule has 1 heteroatoms. The van der Waals surface area contributed by atoms with E-state index in [0.717, 1.165) is 17.1 Å². The van der Waals surface area contributed by atoms with E-state index in [2.05, 4.69) is 231 Å². The lowest BCUT2D eigenvalue weighted by atomic mass is 9.81. The molecule has 0 amide bonds. The highest BCUT2D eigenvalue weighted by Gasteiger charge is 2.37. The predicted octanol–water partition coefficient (Wildman–Crippen LogP) is 15.3. The van der Waals surface area contributed by atoms with E-state index in [-0.39, 0.29) is 5.41 Å². The second kappa shape index (κ2) is 13.7. The first-order chi connectivity index (χ1) is 27.5. The van der Waals surface area contributed by atoms with Crippen molar-refractivity contribution in [1.82, 2.24) is 0 Å². The van der Waals surface area contributed by atoms with E-state index >= 15 is 0 Å². The van der Waals surface area contributed by atoms with Crippen LogP contribution in [0.5, 0.6) is 0 Å². The minimum atomic E-state index is -0.174. The zero-order valence-corrected chi connectivity index (χ0v) is 31.7. The van der Waals surface area contributed by atoms with E-state index in [1.165, 1.54) is 77.5 Å². The first kappa shape index (κ1) is 33.6. The van der Waals surface area contributed by atoms with Gasteiger partial charge in [0.2, 0.25) is 0 Å². The number of rotatable bonds is 7. The number of benzene rings is 9. The van der Waals surface area contributed by atoms with Gasteiger partial charge in [-0.05, 0) is 114 Å². The molecule has 0 unspecified atom stereocenters. The molecule has 0 aliphatic heterocycles. The van der Waals surface area contributed by atoms with Crippen LogP contribution in [0.4, 0.5) is 17.1 Å².